The van der Waals surface area contributed by atoms with E-state index in [2.05, 4.69) is 0 Å². The maximum Gasteiger partial charge on any atom is 0.418 e. The predicted molar refractivity (Wildman–Crippen MR) is 53.6 cm³/mol. The van der Waals surface area contributed by atoms with Gasteiger partial charge in [-0.3, -0.25) is 0 Å². The topological polar surface area (TPSA) is 60.2 Å². The molecule has 0 aliphatic carbocycles. The lowest BCUT2D eigenvalue weighted by Crippen LogP contribution is -2.12. The maximum atomic E-state index is 12.5. The molecule has 16 heavy (non-hydrogen) atoms. The minimum Gasteiger partial charge on any atom is -0.397 e. The van der Waals surface area contributed by atoms with Crippen LogP contribution in [0.1, 0.15) is 11.1 Å². The van der Waals surface area contributed by atoms with E-state index in [1.165, 1.54) is 6.92 Å². The smallest absolute Gasteiger partial charge is 0.397 e. The standard InChI is InChI=1S/C8H7ClF3NO2S/c1-4-2-5(8(10,11)12)7(13)6(3-4)16(9,14)15/h2-3H,13H2,1H3. The van der Waals surface area contributed by atoms with E-state index in [1.807, 2.05) is 0 Å². The molecule has 1 aromatic carbocycles. The van der Waals surface area contributed by atoms with E-state index in [9.17, 15) is 21.6 Å². The molecule has 0 atom stereocenters. The molecule has 0 aliphatic heterocycles. The van der Waals surface area contributed by atoms with Gasteiger partial charge in [0.1, 0.15) is 4.90 Å². The lowest BCUT2D eigenvalue weighted by Gasteiger charge is -2.13. The minimum absolute atomic E-state index is 0.112. The van der Waals surface area contributed by atoms with Crippen molar-refractivity contribution in [3.05, 3.63) is 23.3 Å². The normalized spacial score (nSPS) is 12.8. The summed E-state index contributed by atoms with van der Waals surface area (Å²) in [5.74, 6) is 0. The van der Waals surface area contributed by atoms with Gasteiger partial charge in [0, 0.05) is 10.7 Å². The Morgan fingerprint density at radius 1 is 1.31 bits per heavy atom. The molecule has 0 bridgehead atoms. The number of hydrogen-bond acceptors (Lipinski definition) is 3. The Balaban J connectivity index is 3.64. The fourth-order valence-corrected chi connectivity index (χ4v) is 2.28. The molecule has 0 amide bonds. The molecule has 1 aromatic rings. The van der Waals surface area contributed by atoms with Crippen LogP contribution < -0.4 is 5.73 Å². The first-order chi connectivity index (χ1) is 7.03. The van der Waals surface area contributed by atoms with E-state index >= 15 is 0 Å². The number of nitrogen functional groups attached to an aromatic ring is 1. The summed E-state index contributed by atoms with van der Waals surface area (Å²) in [5.41, 5.74) is 3.17. The van der Waals surface area contributed by atoms with Gasteiger partial charge in [0.05, 0.1) is 11.3 Å². The van der Waals surface area contributed by atoms with E-state index in [1.54, 1.807) is 0 Å². The van der Waals surface area contributed by atoms with Gasteiger partial charge in [-0.15, -0.1) is 0 Å². The lowest BCUT2D eigenvalue weighted by molar-refractivity contribution is -0.137. The van der Waals surface area contributed by atoms with Gasteiger partial charge in [0.25, 0.3) is 9.05 Å². The van der Waals surface area contributed by atoms with Gasteiger partial charge in [-0.25, -0.2) is 8.42 Å². The van der Waals surface area contributed by atoms with Crippen molar-refractivity contribution in [1.82, 2.24) is 0 Å². The van der Waals surface area contributed by atoms with Crippen LogP contribution in [-0.4, -0.2) is 8.42 Å². The van der Waals surface area contributed by atoms with Gasteiger partial charge in [-0.2, -0.15) is 13.2 Å². The highest BCUT2D eigenvalue weighted by Gasteiger charge is 2.35. The van der Waals surface area contributed by atoms with E-state index in [0.29, 0.717) is 0 Å². The number of benzene rings is 1. The van der Waals surface area contributed by atoms with Crippen molar-refractivity contribution >= 4 is 25.4 Å². The molecule has 90 valence electrons. The first kappa shape index (κ1) is 13.1. The molecular weight excluding hydrogens is 267 g/mol. The quantitative estimate of drug-likeness (QED) is 0.632. The number of halogens is 4. The Kier molecular flexibility index (Phi) is 3.13. The van der Waals surface area contributed by atoms with E-state index in [-0.39, 0.29) is 5.56 Å². The summed E-state index contributed by atoms with van der Waals surface area (Å²) in [7, 11) is 0.691. The molecule has 2 N–H and O–H groups in total. The molecule has 0 spiro atoms. The molecule has 0 aliphatic rings. The number of hydrogen-bond donors (Lipinski definition) is 1. The van der Waals surface area contributed by atoms with Crippen molar-refractivity contribution in [3.63, 3.8) is 0 Å². The van der Waals surface area contributed by atoms with Crippen LogP contribution in [-0.2, 0) is 15.2 Å². The van der Waals surface area contributed by atoms with Gasteiger partial charge in [-0.05, 0) is 24.6 Å². The average molecular weight is 274 g/mol. The molecule has 0 heterocycles. The number of anilines is 1. The van der Waals surface area contributed by atoms with Crippen molar-refractivity contribution < 1.29 is 21.6 Å². The molecule has 8 heteroatoms. The van der Waals surface area contributed by atoms with Crippen LogP contribution in [0.5, 0.6) is 0 Å². The van der Waals surface area contributed by atoms with Gasteiger partial charge >= 0.3 is 6.18 Å². The Bertz CT molecular complexity index is 525. The third-order valence-electron chi connectivity index (χ3n) is 1.85. The van der Waals surface area contributed by atoms with Gasteiger partial charge in [0.15, 0.2) is 0 Å². The second-order valence-electron chi connectivity index (χ2n) is 3.16. The summed E-state index contributed by atoms with van der Waals surface area (Å²) in [6.07, 6.45) is -4.72. The fraction of sp³-hybridized carbons (Fsp3) is 0.250. The van der Waals surface area contributed by atoms with Crippen LogP contribution in [0, 0.1) is 6.92 Å². The molecule has 0 unspecified atom stereocenters. The number of alkyl halides is 3. The summed E-state index contributed by atoms with van der Waals surface area (Å²) in [6, 6.07) is 1.76. The van der Waals surface area contributed by atoms with Crippen LogP contribution in [0.4, 0.5) is 18.9 Å². The van der Waals surface area contributed by atoms with Crippen LogP contribution in [0.3, 0.4) is 0 Å². The highest BCUT2D eigenvalue weighted by atomic mass is 35.7. The summed E-state index contributed by atoms with van der Waals surface area (Å²) in [5, 5.41) is 0. The third kappa shape index (κ3) is 2.59. The first-order valence-electron chi connectivity index (χ1n) is 3.95. The first-order valence-corrected chi connectivity index (χ1v) is 6.26. The fourth-order valence-electron chi connectivity index (χ4n) is 1.20. The largest absolute Gasteiger partial charge is 0.418 e. The molecule has 0 aromatic heterocycles. The molecular formula is C8H7ClF3NO2S. The predicted octanol–water partition coefficient (Wildman–Crippen LogP) is 2.52. The Morgan fingerprint density at radius 2 is 1.81 bits per heavy atom. The van der Waals surface area contributed by atoms with E-state index in [0.717, 1.165) is 12.1 Å². The Labute approximate surface area is 94.4 Å². The third-order valence-corrected chi connectivity index (χ3v) is 3.22. The van der Waals surface area contributed by atoms with E-state index < -0.39 is 31.4 Å². The van der Waals surface area contributed by atoms with Gasteiger partial charge < -0.3 is 5.73 Å². The van der Waals surface area contributed by atoms with Crippen LogP contribution in [0.15, 0.2) is 17.0 Å². The van der Waals surface area contributed by atoms with Crippen molar-refractivity contribution in [1.29, 1.82) is 0 Å². The van der Waals surface area contributed by atoms with Gasteiger partial charge in [0.2, 0.25) is 0 Å². The molecule has 0 saturated heterocycles. The SMILES string of the molecule is Cc1cc(C(F)(F)F)c(N)c(S(=O)(=O)Cl)c1. The molecule has 0 saturated carbocycles. The molecule has 0 fully saturated rings. The highest BCUT2D eigenvalue weighted by Crippen LogP contribution is 2.38. The maximum absolute atomic E-state index is 12.5. The van der Waals surface area contributed by atoms with Gasteiger partial charge in [-0.1, -0.05) is 0 Å². The summed E-state index contributed by atoms with van der Waals surface area (Å²) in [6.45, 7) is 1.32. The van der Waals surface area contributed by atoms with Crippen molar-refractivity contribution in [3.8, 4) is 0 Å². The Morgan fingerprint density at radius 3 is 2.19 bits per heavy atom. The minimum atomic E-state index is -4.72. The average Bonchev–Trinajstić information content (AvgIpc) is 2.04. The summed E-state index contributed by atoms with van der Waals surface area (Å²) >= 11 is 0. The zero-order chi connectivity index (χ0) is 12.7. The number of rotatable bonds is 1. The molecule has 3 nitrogen and oxygen atoms in total. The van der Waals surface area contributed by atoms with Crippen molar-refractivity contribution in [2.75, 3.05) is 5.73 Å². The van der Waals surface area contributed by atoms with Crippen LogP contribution >= 0.6 is 10.7 Å². The second kappa shape index (κ2) is 3.81. The van der Waals surface area contributed by atoms with E-state index in [4.69, 9.17) is 16.4 Å². The number of nitrogens with two attached hydrogens (primary N) is 1. The van der Waals surface area contributed by atoms with Crippen LogP contribution in [0.25, 0.3) is 0 Å². The van der Waals surface area contributed by atoms with Crippen molar-refractivity contribution in [2.45, 2.75) is 18.0 Å². The highest BCUT2D eigenvalue weighted by molar-refractivity contribution is 8.13. The van der Waals surface area contributed by atoms with Crippen molar-refractivity contribution in [2.24, 2.45) is 0 Å². The summed E-state index contributed by atoms with van der Waals surface area (Å²) in [4.78, 5) is -0.721. The lowest BCUT2D eigenvalue weighted by atomic mass is 10.1. The van der Waals surface area contributed by atoms with Crippen LogP contribution in [0.2, 0.25) is 0 Å². The zero-order valence-corrected chi connectivity index (χ0v) is 9.54. The zero-order valence-electron chi connectivity index (χ0n) is 7.97. The Hall–Kier alpha value is -0.950. The monoisotopic (exact) mass is 273 g/mol. The second-order valence-corrected chi connectivity index (χ2v) is 5.69. The number of aryl methyl sites for hydroxylation is 1. The summed E-state index contributed by atoms with van der Waals surface area (Å²) < 4.78 is 59.4. The molecule has 0 radical (unpaired) electrons. The molecule has 1 rings (SSSR count).